The number of nitrogens with zero attached hydrogens (tertiary/aromatic N) is 1. The number of methoxy groups -OCH3 is 1. The Hall–Kier alpha value is -3.18. The van der Waals surface area contributed by atoms with Gasteiger partial charge in [-0.25, -0.2) is 4.98 Å². The van der Waals surface area contributed by atoms with Crippen molar-refractivity contribution < 1.29 is 9.53 Å². The summed E-state index contributed by atoms with van der Waals surface area (Å²) in [5.41, 5.74) is 3.82. The van der Waals surface area contributed by atoms with E-state index in [-0.39, 0.29) is 5.91 Å². The second-order valence-electron chi connectivity index (χ2n) is 6.42. The smallest absolute Gasteiger partial charge is 0.251 e. The number of rotatable bonds is 6. The molecule has 4 rings (SSSR count). The minimum Gasteiger partial charge on any atom is -0.497 e. The highest BCUT2D eigenvalue weighted by Gasteiger charge is 2.10. The minimum atomic E-state index is -0.0647. The number of carbonyl (C=O) groups is 1. The lowest BCUT2D eigenvalue weighted by atomic mass is 10.1. The fraction of sp³-hybridized carbons (Fsp3) is 0.130. The fourth-order valence-corrected chi connectivity index (χ4v) is 4.00. The molecule has 0 saturated heterocycles. The number of thiazole rings is 1. The van der Waals surface area contributed by atoms with E-state index in [1.165, 1.54) is 0 Å². The third-order valence-corrected chi connectivity index (χ3v) is 5.60. The van der Waals surface area contributed by atoms with Crippen LogP contribution in [0, 0.1) is 0 Å². The summed E-state index contributed by atoms with van der Waals surface area (Å²) in [6.45, 7) is 0.584. The zero-order chi connectivity index (χ0) is 19.3. The zero-order valence-corrected chi connectivity index (χ0v) is 16.3. The predicted molar refractivity (Wildman–Crippen MR) is 114 cm³/mol. The number of aromatic nitrogens is 1. The average molecular weight is 388 g/mol. The summed E-state index contributed by atoms with van der Waals surface area (Å²) in [5.74, 6) is 0.769. The molecule has 1 N–H and O–H groups in total. The summed E-state index contributed by atoms with van der Waals surface area (Å²) in [6, 6.07) is 23.6. The first kappa shape index (κ1) is 18.2. The predicted octanol–water partition coefficient (Wildman–Crippen LogP) is 4.94. The lowest BCUT2D eigenvalue weighted by Crippen LogP contribution is -2.25. The Morgan fingerprint density at radius 1 is 1.04 bits per heavy atom. The molecule has 0 atom stereocenters. The Morgan fingerprint density at radius 2 is 1.82 bits per heavy atom. The molecule has 140 valence electrons. The van der Waals surface area contributed by atoms with Crippen molar-refractivity contribution >= 4 is 27.5 Å². The quantitative estimate of drug-likeness (QED) is 0.509. The molecule has 0 saturated carbocycles. The Labute approximate surface area is 167 Å². The van der Waals surface area contributed by atoms with E-state index >= 15 is 0 Å². The van der Waals surface area contributed by atoms with E-state index in [2.05, 4.69) is 10.3 Å². The molecule has 28 heavy (non-hydrogen) atoms. The Balaban J connectivity index is 1.42. The number of benzene rings is 3. The second-order valence-corrected chi connectivity index (χ2v) is 7.45. The van der Waals surface area contributed by atoms with Gasteiger partial charge in [0, 0.05) is 17.7 Å². The van der Waals surface area contributed by atoms with E-state index in [9.17, 15) is 4.79 Å². The highest BCUT2D eigenvalue weighted by atomic mass is 32.1. The Bertz CT molecular complexity index is 1090. The van der Waals surface area contributed by atoms with Crippen molar-refractivity contribution in [1.82, 2.24) is 10.3 Å². The van der Waals surface area contributed by atoms with Crippen LogP contribution in [0.1, 0.15) is 15.9 Å². The average Bonchev–Trinajstić information content (AvgIpc) is 3.18. The van der Waals surface area contributed by atoms with Gasteiger partial charge in [0.1, 0.15) is 10.8 Å². The maximum absolute atomic E-state index is 12.5. The van der Waals surface area contributed by atoms with Gasteiger partial charge < -0.3 is 10.1 Å². The summed E-state index contributed by atoms with van der Waals surface area (Å²) in [5, 5.41) is 3.96. The Morgan fingerprint density at radius 3 is 2.57 bits per heavy atom. The monoisotopic (exact) mass is 388 g/mol. The Kier molecular flexibility index (Phi) is 5.35. The number of fused-ring (bicyclic) bond motifs is 1. The van der Waals surface area contributed by atoms with Gasteiger partial charge >= 0.3 is 0 Å². The zero-order valence-electron chi connectivity index (χ0n) is 15.5. The van der Waals surface area contributed by atoms with Crippen LogP contribution in [0.15, 0.2) is 72.8 Å². The van der Waals surface area contributed by atoms with Gasteiger partial charge in [-0.1, -0.05) is 42.5 Å². The topological polar surface area (TPSA) is 51.2 Å². The summed E-state index contributed by atoms with van der Waals surface area (Å²) >= 11 is 1.60. The van der Waals surface area contributed by atoms with Crippen LogP contribution in [0.3, 0.4) is 0 Å². The molecule has 5 heteroatoms. The van der Waals surface area contributed by atoms with Gasteiger partial charge in [0.15, 0.2) is 0 Å². The molecule has 1 aromatic heterocycles. The van der Waals surface area contributed by atoms with Crippen molar-refractivity contribution in [3.8, 4) is 16.3 Å². The molecule has 4 aromatic rings. The lowest BCUT2D eigenvalue weighted by molar-refractivity contribution is 0.0954. The number of carbonyl (C=O) groups excluding carboxylic acids is 1. The molecule has 0 aliphatic heterocycles. The molecule has 1 amide bonds. The van der Waals surface area contributed by atoms with Crippen molar-refractivity contribution in [2.24, 2.45) is 0 Å². The number of ether oxygens (including phenoxy) is 1. The van der Waals surface area contributed by atoms with E-state index < -0.39 is 0 Å². The van der Waals surface area contributed by atoms with Crippen LogP contribution in [0.2, 0.25) is 0 Å². The van der Waals surface area contributed by atoms with Gasteiger partial charge in [0.25, 0.3) is 5.91 Å². The van der Waals surface area contributed by atoms with Gasteiger partial charge in [0.2, 0.25) is 0 Å². The summed E-state index contributed by atoms with van der Waals surface area (Å²) in [6.07, 6.45) is 0.774. The van der Waals surface area contributed by atoms with Crippen molar-refractivity contribution in [2.45, 2.75) is 6.42 Å². The van der Waals surface area contributed by atoms with Crippen molar-refractivity contribution in [1.29, 1.82) is 0 Å². The summed E-state index contributed by atoms with van der Waals surface area (Å²) < 4.78 is 6.18. The standard InChI is InChI=1S/C23H20N2O2S/c1-27-19-10-7-16(8-11-19)13-14-24-22(26)18-9-12-20-21(15-18)28-23(25-20)17-5-3-2-4-6-17/h2-12,15H,13-14H2,1H3,(H,24,26). The number of nitrogens with one attached hydrogen (secondary N) is 1. The lowest BCUT2D eigenvalue weighted by Gasteiger charge is -2.06. The molecular weight excluding hydrogens is 368 g/mol. The fourth-order valence-electron chi connectivity index (χ4n) is 2.98. The van der Waals surface area contributed by atoms with Crippen molar-refractivity contribution in [3.05, 3.63) is 83.9 Å². The second kappa shape index (κ2) is 8.23. The molecule has 1 heterocycles. The van der Waals surface area contributed by atoms with Gasteiger partial charge in [-0.05, 0) is 42.3 Å². The highest BCUT2D eigenvalue weighted by Crippen LogP contribution is 2.30. The minimum absolute atomic E-state index is 0.0647. The van der Waals surface area contributed by atoms with Crippen molar-refractivity contribution in [3.63, 3.8) is 0 Å². The third-order valence-electron chi connectivity index (χ3n) is 4.53. The normalized spacial score (nSPS) is 10.8. The summed E-state index contributed by atoms with van der Waals surface area (Å²) in [7, 11) is 1.65. The highest BCUT2D eigenvalue weighted by molar-refractivity contribution is 7.21. The van der Waals surface area contributed by atoms with Gasteiger partial charge in [0.05, 0.1) is 17.3 Å². The first-order valence-electron chi connectivity index (χ1n) is 9.10. The van der Waals surface area contributed by atoms with Gasteiger partial charge in [-0.3, -0.25) is 4.79 Å². The van der Waals surface area contributed by atoms with E-state index in [1.807, 2.05) is 72.8 Å². The SMILES string of the molecule is COc1ccc(CCNC(=O)c2ccc3nc(-c4ccccc4)sc3c2)cc1. The molecule has 4 nitrogen and oxygen atoms in total. The molecule has 0 bridgehead atoms. The van der Waals surface area contributed by atoms with Gasteiger partial charge in [-0.2, -0.15) is 0 Å². The van der Waals surface area contributed by atoms with E-state index in [4.69, 9.17) is 4.74 Å². The van der Waals surface area contributed by atoms with Crippen molar-refractivity contribution in [2.75, 3.05) is 13.7 Å². The van der Waals surface area contributed by atoms with Crippen LogP contribution in [0.5, 0.6) is 5.75 Å². The maximum Gasteiger partial charge on any atom is 0.251 e. The molecule has 0 fully saturated rings. The van der Waals surface area contributed by atoms with E-state index in [1.54, 1.807) is 18.4 Å². The first-order chi connectivity index (χ1) is 13.7. The van der Waals surface area contributed by atoms with E-state index in [0.717, 1.165) is 38.5 Å². The number of hydrogen-bond acceptors (Lipinski definition) is 4. The first-order valence-corrected chi connectivity index (χ1v) is 9.92. The van der Waals surface area contributed by atoms with Crippen LogP contribution >= 0.6 is 11.3 Å². The van der Waals surface area contributed by atoms with Crippen LogP contribution in [0.25, 0.3) is 20.8 Å². The molecule has 0 unspecified atom stereocenters. The van der Waals surface area contributed by atoms with Crippen LogP contribution in [0.4, 0.5) is 0 Å². The summed E-state index contributed by atoms with van der Waals surface area (Å²) in [4.78, 5) is 17.2. The molecule has 0 aliphatic carbocycles. The number of amides is 1. The molecule has 0 aliphatic rings. The van der Waals surface area contributed by atoms with Crippen LogP contribution in [-0.4, -0.2) is 24.5 Å². The van der Waals surface area contributed by atoms with Crippen LogP contribution in [-0.2, 0) is 6.42 Å². The van der Waals surface area contributed by atoms with Gasteiger partial charge in [-0.15, -0.1) is 11.3 Å². The van der Waals surface area contributed by atoms with E-state index in [0.29, 0.717) is 12.1 Å². The third kappa shape index (κ3) is 4.05. The molecule has 0 spiro atoms. The number of hydrogen-bond donors (Lipinski definition) is 1. The molecular formula is C23H20N2O2S. The maximum atomic E-state index is 12.5. The molecule has 3 aromatic carbocycles. The molecule has 0 radical (unpaired) electrons. The largest absolute Gasteiger partial charge is 0.497 e. The van der Waals surface area contributed by atoms with Crippen LogP contribution < -0.4 is 10.1 Å².